The van der Waals surface area contributed by atoms with E-state index < -0.39 is 40.8 Å². The third-order valence-electron chi connectivity index (χ3n) is 11.7. The molecule has 1 fully saturated rings. The highest BCUT2D eigenvalue weighted by Crippen LogP contribution is 2.41. The Morgan fingerprint density at radius 3 is 2.19 bits per heavy atom. The second-order valence-electron chi connectivity index (χ2n) is 15.2. The lowest BCUT2D eigenvalue weighted by molar-refractivity contribution is -0.140. The largest absolute Gasteiger partial charge is 0.418 e. The third-order valence-corrected chi connectivity index (χ3v) is 11.7. The number of carbonyl (C=O) groups is 4. The molecule has 1 aliphatic heterocycles. The molecular formula is C41H52F4N4O4. The summed E-state index contributed by atoms with van der Waals surface area (Å²) in [5.41, 5.74) is 1.88. The molecule has 0 saturated carbocycles. The Labute approximate surface area is 308 Å². The Bertz CT molecular complexity index is 1800. The lowest BCUT2D eigenvalue weighted by Gasteiger charge is -2.40. The van der Waals surface area contributed by atoms with Crippen molar-refractivity contribution in [3.63, 3.8) is 0 Å². The van der Waals surface area contributed by atoms with Gasteiger partial charge in [-0.1, -0.05) is 77.3 Å². The van der Waals surface area contributed by atoms with E-state index in [1.165, 1.54) is 24.3 Å². The highest BCUT2D eigenvalue weighted by Gasteiger charge is 2.47. The second-order valence-corrected chi connectivity index (χ2v) is 15.2. The molecule has 12 heteroatoms. The fourth-order valence-electron chi connectivity index (χ4n) is 7.94. The van der Waals surface area contributed by atoms with Crippen molar-refractivity contribution in [2.75, 3.05) is 13.1 Å². The first-order chi connectivity index (χ1) is 25.2. The smallest absolute Gasteiger partial charge is 0.358 e. The predicted octanol–water partition coefficient (Wildman–Crippen LogP) is 7.67. The number of hydrogen-bond donors (Lipinski definition) is 3. The molecule has 0 bridgehead atoms. The number of Topliss-reactive ketones (excluding diaryl/α,β-unsaturated/α-hetero) is 2. The zero-order valence-corrected chi connectivity index (χ0v) is 31.1. The van der Waals surface area contributed by atoms with Gasteiger partial charge in [-0.15, -0.1) is 0 Å². The highest BCUT2D eigenvalue weighted by atomic mass is 19.4. The Morgan fingerprint density at radius 1 is 0.887 bits per heavy atom. The van der Waals surface area contributed by atoms with Crippen molar-refractivity contribution in [2.45, 2.75) is 110 Å². The van der Waals surface area contributed by atoms with Gasteiger partial charge in [-0.25, -0.2) is 9.40 Å². The number of hydrogen-bond acceptors (Lipinski definition) is 5. The maximum Gasteiger partial charge on any atom is 0.418 e. The van der Waals surface area contributed by atoms with Crippen molar-refractivity contribution >= 4 is 34.3 Å². The van der Waals surface area contributed by atoms with E-state index in [1.54, 1.807) is 12.1 Å². The first-order valence-electron chi connectivity index (χ1n) is 19.0. The van der Waals surface area contributed by atoms with Crippen LogP contribution in [0.25, 0.3) is 10.9 Å². The molecule has 3 N–H and O–H groups in total. The molecule has 0 radical (unpaired) electrons. The standard InChI is InChI=1S/C41H52F4N4O4/c1-5-25(3)30(22-28(50)21-27-13-8-9-16-34(27)42)38(52)47-40(36(51)23-31(26(4)6-2)39(53)48-49-19-10-7-11-20-49)18-17-35-32(24-40)29-14-12-15-33(37(29)46-35)41(43,44)45/h8-9,12-16,25-26,30-31,46H,5-7,10-11,17-24H2,1-4H3,(H,47,52)(H,48,53)/t25?,26?,30-,31-,40+/m0/s1. The molecule has 288 valence electrons. The van der Waals surface area contributed by atoms with Crippen LogP contribution in [-0.4, -0.2) is 52.0 Å². The zero-order valence-electron chi connectivity index (χ0n) is 31.1. The average Bonchev–Trinajstić information content (AvgIpc) is 3.50. The normalized spacial score (nSPS) is 20.2. The van der Waals surface area contributed by atoms with Gasteiger partial charge in [-0.2, -0.15) is 13.2 Å². The molecule has 5 rings (SSSR count). The van der Waals surface area contributed by atoms with Crippen LogP contribution in [0.15, 0.2) is 42.5 Å². The van der Waals surface area contributed by atoms with Crippen LogP contribution in [0.4, 0.5) is 17.6 Å². The molecular weight excluding hydrogens is 688 g/mol. The number of amides is 2. The number of para-hydroxylation sites is 1. The van der Waals surface area contributed by atoms with Crippen molar-refractivity contribution in [3.8, 4) is 0 Å². The number of hydrazine groups is 1. The fourth-order valence-corrected chi connectivity index (χ4v) is 7.94. The number of ketones is 2. The van der Waals surface area contributed by atoms with Gasteiger partial charge in [0, 0.05) is 61.7 Å². The summed E-state index contributed by atoms with van der Waals surface area (Å²) in [6.07, 6.45) is -0.822. The van der Waals surface area contributed by atoms with E-state index in [-0.39, 0.29) is 78.9 Å². The summed E-state index contributed by atoms with van der Waals surface area (Å²) in [7, 11) is 0. The Balaban J connectivity index is 1.49. The van der Waals surface area contributed by atoms with Gasteiger partial charge in [0.2, 0.25) is 11.8 Å². The van der Waals surface area contributed by atoms with Crippen LogP contribution < -0.4 is 10.7 Å². The summed E-state index contributed by atoms with van der Waals surface area (Å²) in [5, 5.41) is 5.26. The van der Waals surface area contributed by atoms with Gasteiger partial charge >= 0.3 is 6.18 Å². The first kappa shape index (κ1) is 40.1. The molecule has 1 saturated heterocycles. The van der Waals surface area contributed by atoms with E-state index >= 15 is 0 Å². The summed E-state index contributed by atoms with van der Waals surface area (Å²) >= 11 is 0. The minimum atomic E-state index is -4.61. The van der Waals surface area contributed by atoms with Crippen molar-refractivity contribution < 1.29 is 36.7 Å². The third kappa shape index (κ3) is 9.19. The molecule has 2 aromatic carbocycles. The number of piperidine rings is 1. The van der Waals surface area contributed by atoms with Crippen molar-refractivity contribution in [3.05, 3.63) is 70.7 Å². The van der Waals surface area contributed by atoms with Crippen LogP contribution in [0.3, 0.4) is 0 Å². The van der Waals surface area contributed by atoms with Gasteiger partial charge in [0.1, 0.15) is 17.1 Å². The van der Waals surface area contributed by atoms with Gasteiger partial charge in [0.25, 0.3) is 0 Å². The van der Waals surface area contributed by atoms with E-state index in [2.05, 4.69) is 15.7 Å². The number of nitrogens with zero attached hydrogens (tertiary/aromatic N) is 1. The van der Waals surface area contributed by atoms with Gasteiger partial charge in [0.05, 0.1) is 11.1 Å². The zero-order chi connectivity index (χ0) is 38.5. The SMILES string of the molecule is CCC(C)[C@H](CC(=O)[C@@]1(NC(=O)[C@@H](CC(=O)Cc2ccccc2F)C(C)CC)CCc2[nH]c3c(C(F)(F)F)cccc3c2C1)C(=O)NN1CCCCC1. The van der Waals surface area contributed by atoms with Crippen LogP contribution in [0.1, 0.15) is 101 Å². The van der Waals surface area contributed by atoms with Crippen LogP contribution in [-0.2, 0) is 44.6 Å². The van der Waals surface area contributed by atoms with E-state index in [4.69, 9.17) is 0 Å². The average molecular weight is 741 g/mol. The Hall–Kier alpha value is -4.06. The van der Waals surface area contributed by atoms with Crippen molar-refractivity contribution in [1.82, 2.24) is 20.7 Å². The number of fused-ring (bicyclic) bond motifs is 3. The molecule has 1 aromatic heterocycles. The lowest BCUT2D eigenvalue weighted by atomic mass is 9.72. The van der Waals surface area contributed by atoms with Crippen molar-refractivity contribution in [1.29, 1.82) is 0 Å². The van der Waals surface area contributed by atoms with Gasteiger partial charge < -0.3 is 10.3 Å². The summed E-state index contributed by atoms with van der Waals surface area (Å²) in [6, 6.07) is 9.90. The predicted molar refractivity (Wildman–Crippen MR) is 195 cm³/mol. The van der Waals surface area contributed by atoms with Gasteiger partial charge in [-0.05, 0) is 60.8 Å². The summed E-state index contributed by atoms with van der Waals surface area (Å²) < 4.78 is 56.6. The summed E-state index contributed by atoms with van der Waals surface area (Å²) in [5.74, 6) is -4.03. The van der Waals surface area contributed by atoms with Crippen molar-refractivity contribution in [2.24, 2.45) is 23.7 Å². The molecule has 2 aliphatic rings. The van der Waals surface area contributed by atoms with Gasteiger partial charge in [-0.3, -0.25) is 24.6 Å². The molecule has 8 nitrogen and oxygen atoms in total. The molecule has 0 spiro atoms. The Morgan fingerprint density at radius 2 is 1.55 bits per heavy atom. The minimum Gasteiger partial charge on any atom is -0.358 e. The number of aryl methyl sites for hydroxylation is 1. The number of H-pyrrole nitrogens is 1. The summed E-state index contributed by atoms with van der Waals surface area (Å²) in [4.78, 5) is 59.3. The maximum absolute atomic E-state index is 14.8. The number of nitrogens with one attached hydrogen (secondary N) is 3. The number of carbonyl (C=O) groups excluding carboxylic acids is 4. The number of benzene rings is 2. The minimum absolute atomic E-state index is 0.0748. The van der Waals surface area contributed by atoms with Crippen LogP contribution in [0.2, 0.25) is 0 Å². The second kappa shape index (κ2) is 17.0. The topological polar surface area (TPSA) is 111 Å². The number of halogens is 4. The Kier molecular flexibility index (Phi) is 12.8. The molecule has 3 aromatic rings. The monoisotopic (exact) mass is 740 g/mol. The highest BCUT2D eigenvalue weighted by molar-refractivity contribution is 5.99. The van der Waals surface area contributed by atoms with Crippen LogP contribution in [0, 0.1) is 29.5 Å². The van der Waals surface area contributed by atoms with E-state index in [0.29, 0.717) is 42.6 Å². The van der Waals surface area contributed by atoms with Crippen LogP contribution >= 0.6 is 0 Å². The number of alkyl halides is 3. The molecule has 5 atom stereocenters. The quantitative estimate of drug-likeness (QED) is 0.139. The van der Waals surface area contributed by atoms with E-state index in [9.17, 15) is 36.7 Å². The number of aromatic amines is 1. The first-order valence-corrected chi connectivity index (χ1v) is 19.0. The molecule has 1 aliphatic carbocycles. The summed E-state index contributed by atoms with van der Waals surface area (Å²) in [6.45, 7) is 9.01. The molecule has 53 heavy (non-hydrogen) atoms. The molecule has 2 amide bonds. The number of aromatic nitrogens is 1. The maximum atomic E-state index is 14.8. The molecule has 2 heterocycles. The number of rotatable bonds is 15. The van der Waals surface area contributed by atoms with Crippen LogP contribution in [0.5, 0.6) is 0 Å². The van der Waals surface area contributed by atoms with E-state index in [0.717, 1.165) is 25.3 Å². The fraction of sp³-hybridized carbons (Fsp3) is 0.561. The van der Waals surface area contributed by atoms with Gasteiger partial charge in [0.15, 0.2) is 5.78 Å². The van der Waals surface area contributed by atoms with E-state index in [1.807, 2.05) is 32.7 Å². The lowest BCUT2D eigenvalue weighted by Crippen LogP contribution is -2.60. The molecule has 2 unspecified atom stereocenters.